The average molecular weight is 697 g/mol. The lowest BCUT2D eigenvalue weighted by molar-refractivity contribution is -0.138. The Hall–Kier alpha value is -5.76. The van der Waals surface area contributed by atoms with Crippen LogP contribution in [0.4, 0.5) is 0 Å². The maximum atomic E-state index is 14.3. The molecule has 1 aliphatic rings. The zero-order valence-corrected chi connectivity index (χ0v) is 29.3. The molecule has 0 unspecified atom stereocenters. The van der Waals surface area contributed by atoms with E-state index in [1.165, 1.54) is 22.7 Å². The molecule has 7 rings (SSSR count). The number of ether oxygens (including phenoxy) is 2. The Labute approximate surface area is 296 Å². The highest BCUT2D eigenvalue weighted by atomic mass is 32.1. The minimum Gasteiger partial charge on any atom is -0.489 e. The maximum Gasteiger partial charge on any atom is 0.338 e. The second kappa shape index (κ2) is 14.0. The quantitative estimate of drug-likeness (QED) is 0.154. The number of hydrogen-bond donors (Lipinski definition) is 0. The number of thiophene rings is 1. The van der Waals surface area contributed by atoms with E-state index >= 15 is 0 Å². The van der Waals surface area contributed by atoms with Gasteiger partial charge in [-0.1, -0.05) is 59.9 Å². The molecule has 50 heavy (non-hydrogen) atoms. The minimum atomic E-state index is -0.673. The molecule has 10 heteroatoms. The zero-order valence-electron chi connectivity index (χ0n) is 27.6. The molecular formula is C40H32N4O4S2. The summed E-state index contributed by atoms with van der Waals surface area (Å²) in [6, 6.07) is 32.2. The molecule has 0 saturated carbocycles. The van der Waals surface area contributed by atoms with E-state index in [9.17, 15) is 9.59 Å². The number of fused-ring (bicyclic) bond motifs is 1. The third-order valence-electron chi connectivity index (χ3n) is 8.53. The van der Waals surface area contributed by atoms with Gasteiger partial charge in [0.1, 0.15) is 18.4 Å². The van der Waals surface area contributed by atoms with Crippen LogP contribution >= 0.6 is 22.7 Å². The summed E-state index contributed by atoms with van der Waals surface area (Å²) in [5.41, 5.74) is 6.90. The number of carbonyl (C=O) groups excluding carboxylic acids is 1. The molecule has 1 aliphatic heterocycles. The molecule has 6 aromatic rings. The number of rotatable bonds is 9. The van der Waals surface area contributed by atoms with Gasteiger partial charge in [-0.2, -0.15) is 5.26 Å². The first-order valence-corrected chi connectivity index (χ1v) is 17.8. The normalized spacial score (nSPS) is 14.2. The number of aromatic nitrogens is 2. The second-order valence-electron chi connectivity index (χ2n) is 11.7. The van der Waals surface area contributed by atoms with Crippen molar-refractivity contribution in [2.45, 2.75) is 33.4 Å². The lowest BCUT2D eigenvalue weighted by atomic mass is 9.97. The number of aryl methyl sites for hydroxylation is 1. The van der Waals surface area contributed by atoms with E-state index in [0.717, 1.165) is 44.4 Å². The highest BCUT2D eigenvalue weighted by Crippen LogP contribution is 2.37. The van der Waals surface area contributed by atoms with Crippen molar-refractivity contribution >= 4 is 40.4 Å². The van der Waals surface area contributed by atoms with Gasteiger partial charge in [-0.15, -0.1) is 11.3 Å². The summed E-state index contributed by atoms with van der Waals surface area (Å²) in [6.45, 7) is 6.45. The fourth-order valence-corrected chi connectivity index (χ4v) is 7.98. The first-order valence-electron chi connectivity index (χ1n) is 16.1. The molecule has 0 spiro atoms. The minimum absolute atomic E-state index is 0.204. The average Bonchev–Trinajstić information content (AvgIpc) is 3.86. The molecule has 0 aliphatic carbocycles. The van der Waals surface area contributed by atoms with Gasteiger partial charge in [0.25, 0.3) is 5.56 Å². The van der Waals surface area contributed by atoms with Gasteiger partial charge in [-0.3, -0.25) is 9.36 Å². The van der Waals surface area contributed by atoms with Gasteiger partial charge in [0.2, 0.25) is 0 Å². The first-order chi connectivity index (χ1) is 24.4. The van der Waals surface area contributed by atoms with Crippen molar-refractivity contribution in [1.29, 1.82) is 5.26 Å². The highest BCUT2D eigenvalue weighted by molar-refractivity contribution is 7.10. The molecule has 1 atom stereocenters. The van der Waals surface area contributed by atoms with Crippen LogP contribution in [-0.4, -0.2) is 21.7 Å². The van der Waals surface area contributed by atoms with E-state index in [4.69, 9.17) is 19.7 Å². The Morgan fingerprint density at radius 1 is 1.00 bits per heavy atom. The molecule has 0 saturated heterocycles. The van der Waals surface area contributed by atoms with E-state index in [-0.39, 0.29) is 12.2 Å². The Morgan fingerprint density at radius 3 is 2.44 bits per heavy atom. The fraction of sp³-hybridized carbons (Fsp3) is 0.150. The molecule has 0 fully saturated rings. The van der Waals surface area contributed by atoms with Crippen molar-refractivity contribution in [2.24, 2.45) is 4.99 Å². The molecule has 4 heterocycles. The second-order valence-corrected chi connectivity index (χ2v) is 13.7. The fourth-order valence-electron chi connectivity index (χ4n) is 6.16. The number of hydrogen-bond acceptors (Lipinski definition) is 8. The summed E-state index contributed by atoms with van der Waals surface area (Å²) in [6.07, 6.45) is 1.92. The lowest BCUT2D eigenvalue weighted by Crippen LogP contribution is -2.39. The predicted octanol–water partition coefficient (Wildman–Crippen LogP) is 6.86. The van der Waals surface area contributed by atoms with Crippen LogP contribution in [0.5, 0.6) is 5.75 Å². The van der Waals surface area contributed by atoms with Crippen LogP contribution in [-0.2, 0) is 16.1 Å². The highest BCUT2D eigenvalue weighted by Gasteiger charge is 2.35. The van der Waals surface area contributed by atoms with Crippen molar-refractivity contribution in [2.75, 3.05) is 6.61 Å². The monoisotopic (exact) mass is 696 g/mol. The van der Waals surface area contributed by atoms with Crippen LogP contribution in [0.15, 0.2) is 118 Å². The lowest BCUT2D eigenvalue weighted by Gasteiger charge is -2.24. The van der Waals surface area contributed by atoms with Crippen molar-refractivity contribution in [3.63, 3.8) is 0 Å². The molecule has 0 amide bonds. The standard InChI is InChI=1S/C40H32N4O4S2/c1-4-47-39(46)35-36(29-9-6-5-7-10-29)42-40-44(37(35)33-11-8-20-49-33)38(45)34(50-40)22-30-21-25(2)43(26(30)3)31-16-18-32(19-17-31)48-24-28-14-12-27(23-41)13-15-28/h5-22,37H,4,24H2,1-3H3/b34-22-/t37-/m1/s1. The molecule has 0 bridgehead atoms. The van der Waals surface area contributed by atoms with Gasteiger partial charge in [-0.05, 0) is 91.9 Å². The summed E-state index contributed by atoms with van der Waals surface area (Å²) in [4.78, 5) is 34.2. The number of carbonyl (C=O) groups is 1. The van der Waals surface area contributed by atoms with Gasteiger partial charge in [0, 0.05) is 27.5 Å². The van der Waals surface area contributed by atoms with Gasteiger partial charge in [-0.25, -0.2) is 9.79 Å². The van der Waals surface area contributed by atoms with E-state index < -0.39 is 12.0 Å². The molecule has 3 aromatic carbocycles. The van der Waals surface area contributed by atoms with Gasteiger partial charge < -0.3 is 14.0 Å². The van der Waals surface area contributed by atoms with E-state index in [1.807, 2.05) is 104 Å². The van der Waals surface area contributed by atoms with Crippen molar-refractivity contribution < 1.29 is 14.3 Å². The van der Waals surface area contributed by atoms with Gasteiger partial charge in [0.15, 0.2) is 4.80 Å². The number of thiazole rings is 1. The van der Waals surface area contributed by atoms with Crippen LogP contribution in [0.3, 0.4) is 0 Å². The smallest absolute Gasteiger partial charge is 0.338 e. The summed E-state index contributed by atoms with van der Waals surface area (Å²) in [5.74, 6) is 0.247. The molecule has 3 aromatic heterocycles. The van der Waals surface area contributed by atoms with E-state index in [0.29, 0.717) is 32.8 Å². The van der Waals surface area contributed by atoms with Crippen molar-refractivity contribution in [1.82, 2.24) is 9.13 Å². The van der Waals surface area contributed by atoms with Gasteiger partial charge in [0.05, 0.1) is 34.0 Å². The van der Waals surface area contributed by atoms with Crippen LogP contribution in [0.25, 0.3) is 17.5 Å². The Bertz CT molecular complexity index is 2450. The summed E-state index contributed by atoms with van der Waals surface area (Å²) < 4.78 is 15.8. The molecule has 248 valence electrons. The van der Waals surface area contributed by atoms with Crippen molar-refractivity contribution in [3.05, 3.63) is 166 Å². The first kappa shape index (κ1) is 32.8. The Morgan fingerprint density at radius 2 is 1.76 bits per heavy atom. The van der Waals surface area contributed by atoms with Crippen LogP contribution in [0.2, 0.25) is 0 Å². The molecule has 0 radical (unpaired) electrons. The van der Waals surface area contributed by atoms with Crippen molar-refractivity contribution in [3.8, 4) is 17.5 Å². The molecular weight excluding hydrogens is 665 g/mol. The summed E-state index contributed by atoms with van der Waals surface area (Å²) in [7, 11) is 0. The number of benzene rings is 3. The van der Waals surface area contributed by atoms with Gasteiger partial charge >= 0.3 is 5.97 Å². The summed E-state index contributed by atoms with van der Waals surface area (Å²) >= 11 is 2.80. The van der Waals surface area contributed by atoms with Crippen LogP contribution < -0.4 is 19.6 Å². The number of nitrogens with zero attached hydrogens (tertiary/aromatic N) is 4. The topological polar surface area (TPSA) is 98.6 Å². The molecule has 8 nitrogen and oxygen atoms in total. The Balaban J connectivity index is 1.25. The largest absolute Gasteiger partial charge is 0.489 e. The predicted molar refractivity (Wildman–Crippen MR) is 196 cm³/mol. The van der Waals surface area contributed by atoms with E-state index in [2.05, 4.69) is 16.7 Å². The van der Waals surface area contributed by atoms with Crippen LogP contribution in [0, 0.1) is 25.2 Å². The SMILES string of the molecule is CCOC(=O)C1=C(c2ccccc2)N=c2s/c(=C\c3cc(C)n(-c4ccc(OCc5ccc(C#N)cc5)cc4)c3C)c(=O)n2[C@@H]1c1cccs1. The zero-order chi connectivity index (χ0) is 34.8. The maximum absolute atomic E-state index is 14.3. The van der Waals surface area contributed by atoms with Crippen LogP contribution in [0.1, 0.15) is 51.5 Å². The summed E-state index contributed by atoms with van der Waals surface area (Å²) in [5, 5.41) is 11.0. The van der Waals surface area contributed by atoms with E-state index in [1.54, 1.807) is 23.6 Å². The third-order valence-corrected chi connectivity index (χ3v) is 10.4. The number of nitriles is 1. The third kappa shape index (κ3) is 6.25. The molecule has 0 N–H and O–H groups in total. The Kier molecular flexibility index (Phi) is 9.17. The number of esters is 1.